The molecule has 0 fully saturated rings. The summed E-state index contributed by atoms with van der Waals surface area (Å²) in [4.78, 5) is 22.1. The van der Waals surface area contributed by atoms with E-state index in [-0.39, 0.29) is 0 Å². The molecule has 0 aromatic heterocycles. The molecule has 1 aromatic carbocycles. The zero-order valence-corrected chi connectivity index (χ0v) is 11.7. The summed E-state index contributed by atoms with van der Waals surface area (Å²) < 4.78 is 55.8. The van der Waals surface area contributed by atoms with E-state index in [1.54, 1.807) is 4.72 Å². The first-order valence-electron chi connectivity index (χ1n) is 5.42. The second kappa shape index (κ2) is 6.04. The van der Waals surface area contributed by atoms with Crippen LogP contribution in [0.25, 0.3) is 0 Å². The number of carbonyl (C=O) groups is 2. The van der Waals surface area contributed by atoms with E-state index in [0.717, 1.165) is 14.0 Å². The van der Waals surface area contributed by atoms with Crippen LogP contribution in [0.3, 0.4) is 0 Å². The van der Waals surface area contributed by atoms with Gasteiger partial charge in [0.05, 0.1) is 18.4 Å². The summed E-state index contributed by atoms with van der Waals surface area (Å²) in [6, 6.07) is 0.707. The number of nitrogens with one attached hydrogen (secondary N) is 1. The molecule has 0 heterocycles. The summed E-state index contributed by atoms with van der Waals surface area (Å²) in [5.41, 5.74) is -1.49. The van der Waals surface area contributed by atoms with E-state index in [1.165, 1.54) is 0 Å². The maximum absolute atomic E-state index is 13.1. The molecule has 0 saturated heterocycles. The topological polar surface area (TPSA) is 110 Å². The molecule has 1 atom stereocenters. The Bertz CT molecular complexity index is 688. The van der Waals surface area contributed by atoms with E-state index >= 15 is 0 Å². The fourth-order valence-electron chi connectivity index (χ4n) is 1.34. The van der Waals surface area contributed by atoms with Crippen molar-refractivity contribution >= 4 is 27.6 Å². The molecule has 0 aliphatic carbocycles. The first-order chi connectivity index (χ1) is 9.60. The number of anilines is 1. The summed E-state index contributed by atoms with van der Waals surface area (Å²) in [5, 5.41) is 7.19. The Balaban J connectivity index is 3.27. The van der Waals surface area contributed by atoms with Gasteiger partial charge in [-0.15, -0.1) is 0 Å². The van der Waals surface area contributed by atoms with Crippen LogP contribution in [-0.2, 0) is 19.6 Å². The molecule has 0 aliphatic heterocycles. The molecule has 0 saturated carbocycles. The maximum atomic E-state index is 13.1. The maximum Gasteiger partial charge on any atom is 0.337 e. The highest BCUT2D eigenvalue weighted by Crippen LogP contribution is 2.22. The van der Waals surface area contributed by atoms with E-state index in [2.05, 4.69) is 4.74 Å². The van der Waals surface area contributed by atoms with Gasteiger partial charge in [-0.3, -0.25) is 9.52 Å². The normalized spacial score (nSPS) is 12.6. The lowest BCUT2D eigenvalue weighted by molar-refractivity contribution is -0.139. The van der Waals surface area contributed by atoms with Crippen LogP contribution in [0, 0.1) is 11.6 Å². The van der Waals surface area contributed by atoms with Crippen molar-refractivity contribution < 1.29 is 36.6 Å². The van der Waals surface area contributed by atoms with Gasteiger partial charge < -0.3 is 9.84 Å². The Morgan fingerprint density at radius 2 is 1.81 bits per heavy atom. The number of sulfonamides is 1. The quantitative estimate of drug-likeness (QED) is 0.781. The van der Waals surface area contributed by atoms with Crippen molar-refractivity contribution in [1.82, 2.24) is 0 Å². The average Bonchev–Trinajstić information content (AvgIpc) is 2.40. The third-order valence-electron chi connectivity index (χ3n) is 2.54. The lowest BCUT2D eigenvalue weighted by Crippen LogP contribution is -2.33. The fourth-order valence-corrected chi connectivity index (χ4v) is 2.34. The number of halogens is 2. The number of esters is 1. The van der Waals surface area contributed by atoms with Crippen LogP contribution in [0.1, 0.15) is 17.3 Å². The van der Waals surface area contributed by atoms with Crippen molar-refractivity contribution in [3.8, 4) is 0 Å². The standard InChI is InChI=1S/C11H11F2NO6S/c1-5(11(17)20-2)21(18,19)14-9-4-8(13)7(12)3-6(9)10(15)16/h3-5,14H,1-2H3,(H,15,16). The SMILES string of the molecule is COC(=O)C(C)S(=O)(=O)Nc1cc(F)c(F)cc1C(=O)O. The number of rotatable bonds is 5. The van der Waals surface area contributed by atoms with Gasteiger partial charge in [-0.25, -0.2) is 22.0 Å². The molecule has 0 amide bonds. The predicted octanol–water partition coefficient (Wildman–Crippen LogP) is 0.966. The molecule has 1 unspecified atom stereocenters. The second-order valence-electron chi connectivity index (χ2n) is 3.93. The zero-order valence-electron chi connectivity index (χ0n) is 10.9. The summed E-state index contributed by atoms with van der Waals surface area (Å²) in [6.45, 7) is 0.995. The van der Waals surface area contributed by atoms with Gasteiger partial charge in [-0.2, -0.15) is 0 Å². The van der Waals surface area contributed by atoms with Crippen LogP contribution < -0.4 is 4.72 Å². The molecule has 1 aromatic rings. The smallest absolute Gasteiger partial charge is 0.337 e. The van der Waals surface area contributed by atoms with E-state index in [1.807, 2.05) is 0 Å². The van der Waals surface area contributed by atoms with Crippen LogP contribution >= 0.6 is 0 Å². The number of benzene rings is 1. The molecule has 0 radical (unpaired) electrons. The number of hydrogen-bond donors (Lipinski definition) is 2. The Kier molecular flexibility index (Phi) is 4.84. The van der Waals surface area contributed by atoms with Crippen molar-refractivity contribution in [2.75, 3.05) is 11.8 Å². The summed E-state index contributed by atoms with van der Waals surface area (Å²) in [6.07, 6.45) is 0. The minimum atomic E-state index is -4.39. The van der Waals surface area contributed by atoms with Gasteiger partial charge in [-0.1, -0.05) is 0 Å². The second-order valence-corrected chi connectivity index (χ2v) is 5.93. The number of carboxylic acids is 1. The van der Waals surface area contributed by atoms with Crippen LogP contribution in [0.15, 0.2) is 12.1 Å². The van der Waals surface area contributed by atoms with Gasteiger partial charge in [0.15, 0.2) is 16.9 Å². The molecule has 7 nitrogen and oxygen atoms in total. The van der Waals surface area contributed by atoms with Gasteiger partial charge in [0.2, 0.25) is 10.0 Å². The highest BCUT2D eigenvalue weighted by Gasteiger charge is 2.30. The van der Waals surface area contributed by atoms with Crippen LogP contribution in [-0.4, -0.2) is 37.8 Å². The highest BCUT2D eigenvalue weighted by atomic mass is 32.2. The van der Waals surface area contributed by atoms with E-state index in [9.17, 15) is 26.8 Å². The molecule has 10 heteroatoms. The van der Waals surface area contributed by atoms with Crippen molar-refractivity contribution in [2.24, 2.45) is 0 Å². The molecular formula is C11H11F2NO6S. The minimum absolute atomic E-state index is 0.332. The highest BCUT2D eigenvalue weighted by molar-refractivity contribution is 7.94. The minimum Gasteiger partial charge on any atom is -0.478 e. The van der Waals surface area contributed by atoms with Crippen LogP contribution in [0.5, 0.6) is 0 Å². The fraction of sp³-hybridized carbons (Fsp3) is 0.273. The number of carboxylic acid groups (broad SMARTS) is 1. The molecule has 21 heavy (non-hydrogen) atoms. The Labute approximate surface area is 118 Å². The number of ether oxygens (including phenoxy) is 1. The third kappa shape index (κ3) is 3.66. The van der Waals surface area contributed by atoms with Gasteiger partial charge in [0, 0.05) is 6.07 Å². The van der Waals surface area contributed by atoms with Gasteiger partial charge in [-0.05, 0) is 13.0 Å². The summed E-state index contributed by atoms with van der Waals surface area (Å²) in [5.74, 6) is -5.65. The molecule has 2 N–H and O–H groups in total. The van der Waals surface area contributed by atoms with Crippen LogP contribution in [0.2, 0.25) is 0 Å². The van der Waals surface area contributed by atoms with Gasteiger partial charge >= 0.3 is 11.9 Å². The molecule has 0 bridgehead atoms. The Morgan fingerprint density at radius 3 is 2.29 bits per heavy atom. The number of hydrogen-bond acceptors (Lipinski definition) is 5. The first-order valence-corrected chi connectivity index (χ1v) is 6.96. The molecule has 1 rings (SSSR count). The largest absolute Gasteiger partial charge is 0.478 e. The van der Waals surface area contributed by atoms with Crippen LogP contribution in [0.4, 0.5) is 14.5 Å². The molecule has 116 valence electrons. The third-order valence-corrected chi connectivity index (χ3v) is 4.17. The number of methoxy groups -OCH3 is 1. The Morgan fingerprint density at radius 1 is 1.29 bits per heavy atom. The van der Waals surface area contributed by atoms with Crippen molar-refractivity contribution in [3.05, 3.63) is 29.3 Å². The monoisotopic (exact) mass is 323 g/mol. The summed E-state index contributed by atoms with van der Waals surface area (Å²) in [7, 11) is -3.42. The van der Waals surface area contributed by atoms with Gasteiger partial charge in [0.1, 0.15) is 0 Å². The Hall–Kier alpha value is -2.23. The molecule has 0 aliphatic rings. The summed E-state index contributed by atoms with van der Waals surface area (Å²) >= 11 is 0. The number of aromatic carboxylic acids is 1. The van der Waals surface area contributed by atoms with Crippen molar-refractivity contribution in [3.63, 3.8) is 0 Å². The van der Waals surface area contributed by atoms with Crippen molar-refractivity contribution in [1.29, 1.82) is 0 Å². The molecule has 0 spiro atoms. The average molecular weight is 323 g/mol. The lowest BCUT2D eigenvalue weighted by atomic mass is 10.2. The predicted molar refractivity (Wildman–Crippen MR) is 67.3 cm³/mol. The van der Waals surface area contributed by atoms with E-state index < -0.39 is 50.1 Å². The molecular weight excluding hydrogens is 312 g/mol. The lowest BCUT2D eigenvalue weighted by Gasteiger charge is -2.14. The van der Waals surface area contributed by atoms with E-state index in [0.29, 0.717) is 12.1 Å². The zero-order chi connectivity index (χ0) is 16.4. The first kappa shape index (κ1) is 16.8. The van der Waals surface area contributed by atoms with E-state index in [4.69, 9.17) is 5.11 Å². The van der Waals surface area contributed by atoms with Gasteiger partial charge in [0.25, 0.3) is 0 Å². The number of carbonyl (C=O) groups excluding carboxylic acids is 1. The van der Waals surface area contributed by atoms with Crippen molar-refractivity contribution in [2.45, 2.75) is 12.2 Å².